The molecule has 0 rings (SSSR count). The Labute approximate surface area is 438 Å². The molecule has 0 aliphatic carbocycles. The molecule has 0 heterocycles. The van der Waals surface area contributed by atoms with Crippen LogP contribution in [0.25, 0.3) is 0 Å². The van der Waals surface area contributed by atoms with Crippen molar-refractivity contribution in [2.45, 2.75) is 271 Å². The highest BCUT2D eigenvalue weighted by atomic mass is 16.6. The number of esters is 3. The standard InChI is InChI=1S/C65H108O6/c1-4-7-10-13-16-19-22-25-28-31-32-35-37-40-43-46-49-52-55-58-64(67)70-61-62(71-65(68)59-56-53-50-47-44-41-38-34-30-27-24-21-18-15-12-9-6-3)60-69-63(66)57-54-51-48-45-42-39-36-33-29-26-23-20-17-14-11-8-5-2/h9,12,16,18-19,21,25,27-28,30,32,35,38,40-41,43,47,50,62H,4-8,10-11,13-15,17,20,22-24,26,29,31,33-34,36-37,39,42,44-46,48-49,51-61H2,1-3H3/b12-9+,19-16+,21-18+,28-25+,30-27+,35-32+,41-38+,43-40+,50-47+/t62-/m1/s1. The van der Waals surface area contributed by atoms with Gasteiger partial charge >= 0.3 is 17.9 Å². The maximum atomic E-state index is 12.8. The largest absolute Gasteiger partial charge is 0.462 e. The Kier molecular flexibility index (Phi) is 55.4. The molecule has 1 atom stereocenters. The lowest BCUT2D eigenvalue weighted by Gasteiger charge is -2.18. The van der Waals surface area contributed by atoms with Gasteiger partial charge in [-0.05, 0) is 103 Å². The summed E-state index contributed by atoms with van der Waals surface area (Å²) in [5.41, 5.74) is 0. The quantitative estimate of drug-likeness (QED) is 0.0261. The van der Waals surface area contributed by atoms with Crippen LogP contribution in [0.2, 0.25) is 0 Å². The molecule has 0 aliphatic heterocycles. The van der Waals surface area contributed by atoms with Gasteiger partial charge in [-0.25, -0.2) is 0 Å². The van der Waals surface area contributed by atoms with Crippen molar-refractivity contribution in [1.82, 2.24) is 0 Å². The van der Waals surface area contributed by atoms with Gasteiger partial charge in [0.1, 0.15) is 13.2 Å². The smallest absolute Gasteiger partial charge is 0.306 e. The molecule has 0 fully saturated rings. The van der Waals surface area contributed by atoms with Gasteiger partial charge in [0.15, 0.2) is 6.10 Å². The fourth-order valence-corrected chi connectivity index (χ4v) is 7.87. The van der Waals surface area contributed by atoms with Crippen molar-refractivity contribution >= 4 is 17.9 Å². The van der Waals surface area contributed by atoms with Crippen molar-refractivity contribution in [2.75, 3.05) is 13.2 Å². The van der Waals surface area contributed by atoms with Gasteiger partial charge in [0, 0.05) is 19.3 Å². The molecule has 0 amide bonds. The van der Waals surface area contributed by atoms with Crippen LogP contribution in [0.4, 0.5) is 0 Å². The van der Waals surface area contributed by atoms with E-state index in [0.717, 1.165) is 103 Å². The third kappa shape index (κ3) is 56.9. The first-order valence-electron chi connectivity index (χ1n) is 29.4. The van der Waals surface area contributed by atoms with Gasteiger partial charge < -0.3 is 14.2 Å². The molecule has 0 saturated heterocycles. The number of ether oxygens (including phenoxy) is 3. The average molecular weight is 986 g/mol. The molecule has 404 valence electrons. The van der Waals surface area contributed by atoms with Gasteiger partial charge in [-0.1, -0.05) is 252 Å². The Bertz CT molecular complexity index is 1460. The summed E-state index contributed by atoms with van der Waals surface area (Å²) in [6.07, 6.45) is 79.4. The van der Waals surface area contributed by atoms with Crippen molar-refractivity contribution in [3.8, 4) is 0 Å². The van der Waals surface area contributed by atoms with E-state index in [2.05, 4.69) is 130 Å². The Balaban J connectivity index is 4.53. The summed E-state index contributed by atoms with van der Waals surface area (Å²) in [4.78, 5) is 38.2. The molecule has 0 spiro atoms. The number of rotatable bonds is 52. The molecular weight excluding hydrogens is 877 g/mol. The maximum absolute atomic E-state index is 12.8. The minimum Gasteiger partial charge on any atom is -0.462 e. The zero-order chi connectivity index (χ0) is 51.4. The van der Waals surface area contributed by atoms with Crippen molar-refractivity contribution in [3.63, 3.8) is 0 Å². The lowest BCUT2D eigenvalue weighted by Crippen LogP contribution is -2.30. The highest BCUT2D eigenvalue weighted by Crippen LogP contribution is 2.15. The van der Waals surface area contributed by atoms with Crippen molar-refractivity contribution in [2.24, 2.45) is 0 Å². The van der Waals surface area contributed by atoms with Crippen LogP contribution in [-0.4, -0.2) is 37.2 Å². The minimum atomic E-state index is -0.822. The molecule has 0 radical (unpaired) electrons. The van der Waals surface area contributed by atoms with E-state index in [-0.39, 0.29) is 37.5 Å². The SMILES string of the molecule is CC/C=C/C/C=C/C/C=C/C/C=C/C/C=C/CCCC(=O)O[C@@H](COC(=O)CCCCC/C=C/C/C=C/C/C=C/C/C=C/CCCCC)COC(=O)CCCCCCCCCCCCCCCCCCC. The summed E-state index contributed by atoms with van der Waals surface area (Å²) >= 11 is 0. The number of allylic oxidation sites excluding steroid dienone is 18. The van der Waals surface area contributed by atoms with Gasteiger partial charge in [-0.3, -0.25) is 14.4 Å². The van der Waals surface area contributed by atoms with Crippen molar-refractivity contribution in [1.29, 1.82) is 0 Å². The van der Waals surface area contributed by atoms with E-state index in [4.69, 9.17) is 14.2 Å². The molecule has 6 nitrogen and oxygen atoms in total. The van der Waals surface area contributed by atoms with E-state index in [0.29, 0.717) is 19.3 Å². The van der Waals surface area contributed by atoms with Crippen LogP contribution in [0, 0.1) is 0 Å². The van der Waals surface area contributed by atoms with Crippen molar-refractivity contribution in [3.05, 3.63) is 109 Å². The molecule has 0 unspecified atom stereocenters. The van der Waals surface area contributed by atoms with Crippen LogP contribution in [0.3, 0.4) is 0 Å². The normalized spacial score (nSPS) is 12.9. The molecule has 0 aromatic heterocycles. The second kappa shape index (κ2) is 58.6. The number of carbonyl (C=O) groups excluding carboxylic acids is 3. The average Bonchev–Trinajstić information content (AvgIpc) is 3.37. The molecule has 0 aromatic rings. The van der Waals surface area contributed by atoms with Gasteiger partial charge in [-0.15, -0.1) is 0 Å². The summed E-state index contributed by atoms with van der Waals surface area (Å²) in [7, 11) is 0. The predicted molar refractivity (Wildman–Crippen MR) is 307 cm³/mol. The predicted octanol–water partition coefficient (Wildman–Crippen LogP) is 19.9. The van der Waals surface area contributed by atoms with Gasteiger partial charge in [-0.2, -0.15) is 0 Å². The van der Waals surface area contributed by atoms with Crippen LogP contribution in [0.5, 0.6) is 0 Å². The number of carbonyl (C=O) groups is 3. The molecule has 0 bridgehead atoms. The summed E-state index contributed by atoms with van der Waals surface area (Å²) in [5.74, 6) is -0.998. The number of hydrogen-bond acceptors (Lipinski definition) is 6. The van der Waals surface area contributed by atoms with E-state index in [9.17, 15) is 14.4 Å². The summed E-state index contributed by atoms with van der Waals surface area (Å²) in [5, 5.41) is 0. The first kappa shape index (κ1) is 67.1. The Morgan fingerprint density at radius 1 is 0.296 bits per heavy atom. The zero-order valence-corrected chi connectivity index (χ0v) is 46.2. The third-order valence-corrected chi connectivity index (χ3v) is 12.3. The summed E-state index contributed by atoms with van der Waals surface area (Å²) in [6, 6.07) is 0. The van der Waals surface area contributed by atoms with Crippen LogP contribution in [0.15, 0.2) is 109 Å². The fraction of sp³-hybridized carbons (Fsp3) is 0.677. The highest BCUT2D eigenvalue weighted by molar-refractivity contribution is 5.71. The lowest BCUT2D eigenvalue weighted by molar-refractivity contribution is -0.167. The Morgan fingerprint density at radius 2 is 0.563 bits per heavy atom. The van der Waals surface area contributed by atoms with Gasteiger partial charge in [0.05, 0.1) is 0 Å². The Hall–Kier alpha value is -3.93. The van der Waals surface area contributed by atoms with Gasteiger partial charge in [0.2, 0.25) is 0 Å². The fourth-order valence-electron chi connectivity index (χ4n) is 7.87. The van der Waals surface area contributed by atoms with Crippen molar-refractivity contribution < 1.29 is 28.6 Å². The summed E-state index contributed by atoms with van der Waals surface area (Å²) < 4.78 is 16.8. The number of hydrogen-bond donors (Lipinski definition) is 0. The first-order chi connectivity index (χ1) is 35.0. The molecule has 0 aliphatic rings. The topological polar surface area (TPSA) is 78.9 Å². The van der Waals surface area contributed by atoms with E-state index < -0.39 is 6.10 Å². The second-order valence-electron chi connectivity index (χ2n) is 19.2. The lowest BCUT2D eigenvalue weighted by atomic mass is 10.0. The molecule has 71 heavy (non-hydrogen) atoms. The highest BCUT2D eigenvalue weighted by Gasteiger charge is 2.19. The van der Waals surface area contributed by atoms with Crippen LogP contribution >= 0.6 is 0 Å². The minimum absolute atomic E-state index is 0.110. The van der Waals surface area contributed by atoms with Crippen LogP contribution < -0.4 is 0 Å². The molecular formula is C65H108O6. The third-order valence-electron chi connectivity index (χ3n) is 12.3. The zero-order valence-electron chi connectivity index (χ0n) is 46.2. The first-order valence-corrected chi connectivity index (χ1v) is 29.4. The van der Waals surface area contributed by atoms with E-state index in [1.165, 1.54) is 116 Å². The molecule has 6 heteroatoms. The molecule has 0 aromatic carbocycles. The second-order valence-corrected chi connectivity index (χ2v) is 19.2. The monoisotopic (exact) mass is 985 g/mol. The Morgan fingerprint density at radius 3 is 0.930 bits per heavy atom. The van der Waals surface area contributed by atoms with Crippen LogP contribution in [0.1, 0.15) is 265 Å². The van der Waals surface area contributed by atoms with Crippen LogP contribution in [-0.2, 0) is 28.6 Å². The van der Waals surface area contributed by atoms with E-state index >= 15 is 0 Å². The number of unbranched alkanes of at least 4 members (excludes halogenated alkanes) is 23. The van der Waals surface area contributed by atoms with E-state index in [1.807, 2.05) is 0 Å². The molecule has 0 saturated carbocycles. The summed E-state index contributed by atoms with van der Waals surface area (Å²) in [6.45, 7) is 6.44. The van der Waals surface area contributed by atoms with E-state index in [1.54, 1.807) is 0 Å². The van der Waals surface area contributed by atoms with Gasteiger partial charge in [0.25, 0.3) is 0 Å². The maximum Gasteiger partial charge on any atom is 0.306 e. The molecule has 0 N–H and O–H groups in total.